The average Bonchev–Trinajstić information content (AvgIpc) is 3.01. The molecule has 1 aliphatic carbocycles. The molecule has 0 saturated carbocycles. The number of halogens is 2. The van der Waals surface area contributed by atoms with Gasteiger partial charge in [0.05, 0.1) is 5.02 Å². The van der Waals surface area contributed by atoms with Crippen LogP contribution in [-0.2, 0) is 22.4 Å². The van der Waals surface area contributed by atoms with Crippen LogP contribution in [0.25, 0.3) is 6.08 Å². The maximum absolute atomic E-state index is 13.0. The molecule has 2 aromatic carbocycles. The van der Waals surface area contributed by atoms with Crippen LogP contribution in [-0.4, -0.2) is 11.8 Å². The van der Waals surface area contributed by atoms with Gasteiger partial charge in [-0.15, -0.1) is 0 Å². The predicted octanol–water partition coefficient (Wildman–Crippen LogP) is 3.44. The van der Waals surface area contributed by atoms with Crippen LogP contribution >= 0.6 is 11.6 Å². The van der Waals surface area contributed by atoms with E-state index < -0.39 is 11.7 Å². The van der Waals surface area contributed by atoms with Gasteiger partial charge in [-0.2, -0.15) is 0 Å². The second-order valence-electron chi connectivity index (χ2n) is 6.28. The standard InChI is InChI=1S/C20H18ClFN2O2/c21-18-12-17(22)7-5-14(18)6-8-19(25)23-24-20(26)11-13-9-15-3-1-2-4-16(15)10-13/h1-8,12-13H,9-11H2,(H,23,25)(H,24,26). The topological polar surface area (TPSA) is 58.2 Å². The maximum Gasteiger partial charge on any atom is 0.262 e. The number of rotatable bonds is 4. The van der Waals surface area contributed by atoms with E-state index in [0.29, 0.717) is 12.0 Å². The number of hydrogen-bond donors (Lipinski definition) is 2. The highest BCUT2D eigenvalue weighted by Gasteiger charge is 2.23. The summed E-state index contributed by atoms with van der Waals surface area (Å²) in [6, 6.07) is 12.1. The number of hydrazine groups is 1. The summed E-state index contributed by atoms with van der Waals surface area (Å²) >= 11 is 5.88. The first-order valence-electron chi connectivity index (χ1n) is 8.30. The van der Waals surface area contributed by atoms with Crippen LogP contribution in [0.4, 0.5) is 4.39 Å². The molecule has 0 fully saturated rings. The summed E-state index contributed by atoms with van der Waals surface area (Å²) in [5, 5.41) is 0.207. The van der Waals surface area contributed by atoms with Gasteiger partial charge in [0.1, 0.15) is 5.82 Å². The second-order valence-corrected chi connectivity index (χ2v) is 6.69. The quantitative estimate of drug-likeness (QED) is 0.638. The van der Waals surface area contributed by atoms with Gasteiger partial charge in [-0.05, 0) is 53.7 Å². The normalized spacial score (nSPS) is 13.6. The van der Waals surface area contributed by atoms with E-state index >= 15 is 0 Å². The second kappa shape index (κ2) is 8.15. The fourth-order valence-electron chi connectivity index (χ4n) is 3.08. The molecule has 2 amide bonds. The van der Waals surface area contributed by atoms with Crippen molar-refractivity contribution >= 4 is 29.5 Å². The van der Waals surface area contributed by atoms with Crippen molar-refractivity contribution in [3.63, 3.8) is 0 Å². The highest BCUT2D eigenvalue weighted by Crippen LogP contribution is 2.28. The Morgan fingerprint density at radius 1 is 1.12 bits per heavy atom. The Balaban J connectivity index is 1.44. The van der Waals surface area contributed by atoms with E-state index in [2.05, 4.69) is 23.0 Å². The summed E-state index contributed by atoms with van der Waals surface area (Å²) in [5.74, 6) is -0.923. The lowest BCUT2D eigenvalue weighted by atomic mass is 10.0. The van der Waals surface area contributed by atoms with Crippen LogP contribution in [0.1, 0.15) is 23.1 Å². The zero-order valence-corrected chi connectivity index (χ0v) is 14.7. The van der Waals surface area contributed by atoms with Crippen LogP contribution in [0, 0.1) is 11.7 Å². The van der Waals surface area contributed by atoms with Gasteiger partial charge in [0, 0.05) is 12.5 Å². The van der Waals surface area contributed by atoms with E-state index in [0.717, 1.165) is 12.8 Å². The molecule has 0 bridgehead atoms. The van der Waals surface area contributed by atoms with E-state index in [9.17, 15) is 14.0 Å². The Morgan fingerprint density at radius 3 is 2.46 bits per heavy atom. The molecule has 1 aliphatic rings. The zero-order valence-electron chi connectivity index (χ0n) is 14.0. The minimum Gasteiger partial charge on any atom is -0.273 e. The van der Waals surface area contributed by atoms with E-state index in [1.807, 2.05) is 12.1 Å². The summed E-state index contributed by atoms with van der Waals surface area (Å²) in [5.41, 5.74) is 7.83. The van der Waals surface area contributed by atoms with Crippen molar-refractivity contribution in [3.8, 4) is 0 Å². The number of benzene rings is 2. The SMILES string of the molecule is O=C(C=Cc1ccc(F)cc1Cl)NNC(=O)CC1Cc2ccccc2C1. The molecule has 3 rings (SSSR count). The molecular formula is C20H18ClFN2O2. The Bertz CT molecular complexity index is 842. The first-order chi connectivity index (χ1) is 12.5. The maximum atomic E-state index is 13.0. The third-order valence-electron chi connectivity index (χ3n) is 4.31. The van der Waals surface area contributed by atoms with Crippen molar-refractivity contribution in [2.24, 2.45) is 5.92 Å². The van der Waals surface area contributed by atoms with Gasteiger partial charge >= 0.3 is 0 Å². The van der Waals surface area contributed by atoms with Crippen LogP contribution < -0.4 is 10.9 Å². The van der Waals surface area contributed by atoms with Crippen molar-refractivity contribution < 1.29 is 14.0 Å². The highest BCUT2D eigenvalue weighted by atomic mass is 35.5. The Hall–Kier alpha value is -2.66. The summed E-state index contributed by atoms with van der Waals surface area (Å²) in [7, 11) is 0. The van der Waals surface area contributed by atoms with Crippen molar-refractivity contribution in [1.29, 1.82) is 0 Å². The van der Waals surface area contributed by atoms with Crippen LogP contribution in [0.2, 0.25) is 5.02 Å². The molecule has 0 heterocycles. The zero-order chi connectivity index (χ0) is 18.5. The van der Waals surface area contributed by atoms with E-state index in [1.165, 1.54) is 41.5 Å². The number of carbonyl (C=O) groups excluding carboxylic acids is 2. The summed E-state index contributed by atoms with van der Waals surface area (Å²) in [6.07, 6.45) is 4.78. The molecular weight excluding hydrogens is 355 g/mol. The van der Waals surface area contributed by atoms with Gasteiger partial charge in [-0.25, -0.2) is 4.39 Å². The van der Waals surface area contributed by atoms with Crippen LogP contribution in [0.5, 0.6) is 0 Å². The molecule has 134 valence electrons. The van der Waals surface area contributed by atoms with Gasteiger partial charge in [-0.1, -0.05) is 41.9 Å². The molecule has 6 heteroatoms. The van der Waals surface area contributed by atoms with Gasteiger partial charge < -0.3 is 0 Å². The fourth-order valence-corrected chi connectivity index (χ4v) is 3.31. The Labute approximate surface area is 156 Å². The number of amides is 2. The summed E-state index contributed by atoms with van der Waals surface area (Å²) in [4.78, 5) is 23.8. The third-order valence-corrected chi connectivity index (χ3v) is 4.64. The number of hydrogen-bond acceptors (Lipinski definition) is 2. The van der Waals surface area contributed by atoms with Crippen LogP contribution in [0.3, 0.4) is 0 Å². The van der Waals surface area contributed by atoms with E-state index in [1.54, 1.807) is 0 Å². The lowest BCUT2D eigenvalue weighted by Crippen LogP contribution is -2.41. The first kappa shape index (κ1) is 18.1. The fraction of sp³-hybridized carbons (Fsp3) is 0.200. The monoisotopic (exact) mass is 372 g/mol. The molecule has 0 aliphatic heterocycles. The largest absolute Gasteiger partial charge is 0.273 e. The van der Waals surface area contributed by atoms with Gasteiger partial charge in [0.15, 0.2) is 0 Å². The van der Waals surface area contributed by atoms with Gasteiger partial charge in [-0.3, -0.25) is 20.4 Å². The molecule has 0 radical (unpaired) electrons. The third kappa shape index (κ3) is 4.70. The number of fused-ring (bicyclic) bond motifs is 1. The molecule has 0 saturated heterocycles. The van der Waals surface area contributed by atoms with Crippen LogP contribution in [0.15, 0.2) is 48.5 Å². The lowest BCUT2D eigenvalue weighted by molar-refractivity contribution is -0.127. The predicted molar refractivity (Wildman–Crippen MR) is 98.7 cm³/mol. The summed E-state index contributed by atoms with van der Waals surface area (Å²) in [6.45, 7) is 0. The Morgan fingerprint density at radius 2 is 1.81 bits per heavy atom. The minimum atomic E-state index is -0.492. The summed E-state index contributed by atoms with van der Waals surface area (Å²) < 4.78 is 13.0. The van der Waals surface area contributed by atoms with Crippen molar-refractivity contribution in [2.45, 2.75) is 19.3 Å². The lowest BCUT2D eigenvalue weighted by Gasteiger charge is -2.09. The smallest absolute Gasteiger partial charge is 0.262 e. The molecule has 26 heavy (non-hydrogen) atoms. The van der Waals surface area contributed by atoms with Crippen molar-refractivity contribution in [1.82, 2.24) is 10.9 Å². The molecule has 2 N–H and O–H groups in total. The molecule has 4 nitrogen and oxygen atoms in total. The van der Waals surface area contributed by atoms with Crippen molar-refractivity contribution in [3.05, 3.63) is 76.1 Å². The molecule has 0 aromatic heterocycles. The average molecular weight is 373 g/mol. The minimum absolute atomic E-state index is 0.207. The number of nitrogens with one attached hydrogen (secondary N) is 2. The first-order valence-corrected chi connectivity index (χ1v) is 8.68. The van der Waals surface area contributed by atoms with Crippen molar-refractivity contribution in [2.75, 3.05) is 0 Å². The molecule has 0 atom stereocenters. The Kier molecular flexibility index (Phi) is 5.68. The number of carbonyl (C=O) groups is 2. The molecule has 2 aromatic rings. The molecule has 0 unspecified atom stereocenters. The van der Waals surface area contributed by atoms with Gasteiger partial charge in [0.25, 0.3) is 5.91 Å². The molecule has 0 spiro atoms. The van der Waals surface area contributed by atoms with E-state index in [-0.39, 0.29) is 16.8 Å². The van der Waals surface area contributed by atoms with Gasteiger partial charge in [0.2, 0.25) is 5.91 Å². The van der Waals surface area contributed by atoms with E-state index in [4.69, 9.17) is 11.6 Å². The highest BCUT2D eigenvalue weighted by molar-refractivity contribution is 6.32.